The Morgan fingerprint density at radius 2 is 1.62 bits per heavy atom. The van der Waals surface area contributed by atoms with Crippen molar-refractivity contribution in [1.29, 1.82) is 0 Å². The number of likely N-dealkylation sites (tertiary alicyclic amines) is 3. The number of para-hydroxylation sites is 1. The lowest BCUT2D eigenvalue weighted by Gasteiger charge is -2.43. The van der Waals surface area contributed by atoms with Crippen LogP contribution in [0.1, 0.15) is 61.6 Å². The van der Waals surface area contributed by atoms with Gasteiger partial charge in [0.15, 0.2) is 6.10 Å². The van der Waals surface area contributed by atoms with Crippen LogP contribution < -0.4 is 11.1 Å². The first-order valence-electron chi connectivity index (χ1n) is 17.8. The second-order valence-corrected chi connectivity index (χ2v) is 14.4. The van der Waals surface area contributed by atoms with Crippen LogP contribution in [0.3, 0.4) is 0 Å². The maximum atomic E-state index is 14.0. The number of carbonyl (C=O) groups is 4. The summed E-state index contributed by atoms with van der Waals surface area (Å²) in [5, 5.41) is 12.4. The summed E-state index contributed by atoms with van der Waals surface area (Å²) < 4.78 is 47.3. The van der Waals surface area contributed by atoms with E-state index in [1.165, 1.54) is 15.9 Å². The van der Waals surface area contributed by atoms with Crippen LogP contribution in [0.4, 0.5) is 34.1 Å². The van der Waals surface area contributed by atoms with Gasteiger partial charge in [-0.15, -0.1) is 0 Å². The number of benzene rings is 2. The van der Waals surface area contributed by atoms with Gasteiger partial charge in [-0.05, 0) is 80.8 Å². The Hall–Kier alpha value is -4.24. The van der Waals surface area contributed by atoms with Gasteiger partial charge >= 0.3 is 24.3 Å². The molecule has 2 aromatic rings. The van der Waals surface area contributed by atoms with Crippen molar-refractivity contribution in [1.82, 2.24) is 19.6 Å². The largest absolute Gasteiger partial charge is 0.480 e. The highest BCUT2D eigenvalue weighted by molar-refractivity contribution is 6.33. The minimum Gasteiger partial charge on any atom is -0.480 e. The first-order chi connectivity index (χ1) is 24.8. The molecule has 4 N–H and O–H groups in total. The van der Waals surface area contributed by atoms with Crippen LogP contribution in [-0.4, -0.2) is 112 Å². The Morgan fingerprint density at radius 3 is 2.31 bits per heavy atom. The van der Waals surface area contributed by atoms with E-state index in [1.54, 1.807) is 4.90 Å². The zero-order valence-electron chi connectivity index (χ0n) is 28.7. The van der Waals surface area contributed by atoms with E-state index in [9.17, 15) is 37.5 Å². The third-order valence-electron chi connectivity index (χ3n) is 10.8. The molecule has 12 nitrogen and oxygen atoms in total. The van der Waals surface area contributed by atoms with Crippen LogP contribution >= 0.6 is 11.6 Å². The van der Waals surface area contributed by atoms with Crippen LogP contribution in [0, 0.1) is 0 Å². The summed E-state index contributed by atoms with van der Waals surface area (Å²) in [7, 11) is 0. The lowest BCUT2D eigenvalue weighted by molar-refractivity contribution is -0.148. The number of alkyl halides is 3. The molecule has 2 aromatic carbocycles. The number of rotatable bonds is 7. The Morgan fingerprint density at radius 1 is 0.942 bits per heavy atom. The number of nitrogens with zero attached hydrogens (tertiary/aromatic N) is 4. The number of nitrogen functional groups attached to an aromatic ring is 1. The van der Waals surface area contributed by atoms with Gasteiger partial charge in [0.1, 0.15) is 6.04 Å². The number of anilines is 2. The molecule has 3 saturated heterocycles. The molecule has 4 aliphatic rings. The minimum atomic E-state index is -4.80. The van der Waals surface area contributed by atoms with Crippen molar-refractivity contribution in [3.63, 3.8) is 0 Å². The number of carboxylic acids is 1. The molecule has 0 aromatic heterocycles. The SMILES string of the molecule is Nc1c(Cl)cc(C[C@@H](OC(=O)N2CCC(N3CCc4ccccc4NC3=O)CC2)C(=O)N2CCC(N3CCCC[C@@H]3C(=O)O)CC2)cc1C(F)(F)F. The van der Waals surface area contributed by atoms with E-state index in [-0.39, 0.29) is 61.3 Å². The van der Waals surface area contributed by atoms with E-state index in [4.69, 9.17) is 22.1 Å². The number of urea groups is 1. The quantitative estimate of drug-likeness (QED) is 0.316. The summed E-state index contributed by atoms with van der Waals surface area (Å²) in [6.07, 6.45) is -2.49. The number of halogens is 4. The van der Waals surface area contributed by atoms with E-state index < -0.39 is 47.5 Å². The summed E-state index contributed by atoms with van der Waals surface area (Å²) in [5.74, 6) is -1.42. The fraction of sp³-hybridized carbons (Fsp3) is 0.556. The summed E-state index contributed by atoms with van der Waals surface area (Å²) in [5.41, 5.74) is 5.70. The molecule has 0 saturated carbocycles. The van der Waals surface area contributed by atoms with Crippen LogP contribution in [0.15, 0.2) is 36.4 Å². The first kappa shape index (κ1) is 37.5. The van der Waals surface area contributed by atoms with Crippen molar-refractivity contribution in [2.24, 2.45) is 0 Å². The van der Waals surface area contributed by atoms with Crippen molar-refractivity contribution < 1.29 is 42.2 Å². The fourth-order valence-corrected chi connectivity index (χ4v) is 8.23. The highest BCUT2D eigenvalue weighted by Crippen LogP contribution is 2.38. The molecule has 282 valence electrons. The minimum absolute atomic E-state index is 0.0251. The molecule has 4 aliphatic heterocycles. The average Bonchev–Trinajstić information content (AvgIpc) is 3.30. The fourth-order valence-electron chi connectivity index (χ4n) is 7.99. The number of carbonyl (C=O) groups excluding carboxylic acids is 3. The molecule has 3 fully saturated rings. The number of amides is 4. The highest BCUT2D eigenvalue weighted by Gasteiger charge is 2.40. The Labute approximate surface area is 305 Å². The van der Waals surface area contributed by atoms with Gasteiger partial charge in [0, 0.05) is 56.9 Å². The molecule has 0 aliphatic carbocycles. The summed E-state index contributed by atoms with van der Waals surface area (Å²) in [4.78, 5) is 59.4. The van der Waals surface area contributed by atoms with E-state index in [0.717, 1.165) is 30.2 Å². The number of ether oxygens (including phenoxy) is 1. The molecule has 2 atom stereocenters. The van der Waals surface area contributed by atoms with Crippen molar-refractivity contribution in [2.45, 2.75) is 88.2 Å². The molecule has 0 radical (unpaired) electrons. The van der Waals surface area contributed by atoms with Gasteiger partial charge in [-0.25, -0.2) is 9.59 Å². The molecule has 0 bridgehead atoms. The maximum absolute atomic E-state index is 14.0. The molecule has 6 rings (SSSR count). The highest BCUT2D eigenvalue weighted by atomic mass is 35.5. The Balaban J connectivity index is 1.13. The van der Waals surface area contributed by atoms with Crippen LogP contribution in [0.2, 0.25) is 5.02 Å². The molecule has 0 spiro atoms. The topological polar surface area (TPSA) is 149 Å². The number of nitrogens with two attached hydrogens (primary N) is 1. The van der Waals surface area contributed by atoms with Gasteiger partial charge in [-0.3, -0.25) is 14.5 Å². The van der Waals surface area contributed by atoms with Gasteiger partial charge in [-0.2, -0.15) is 13.2 Å². The molecular weight excluding hydrogens is 705 g/mol. The van der Waals surface area contributed by atoms with Crippen molar-refractivity contribution >= 4 is 47.0 Å². The average molecular weight is 749 g/mol. The van der Waals surface area contributed by atoms with Crippen LogP contribution in [-0.2, 0) is 33.3 Å². The third kappa shape index (κ3) is 8.35. The number of hydrogen-bond acceptors (Lipinski definition) is 7. The van der Waals surface area contributed by atoms with Crippen LogP contribution in [0.5, 0.6) is 0 Å². The zero-order chi connectivity index (χ0) is 37.2. The van der Waals surface area contributed by atoms with Crippen LogP contribution in [0.25, 0.3) is 0 Å². The number of nitrogens with one attached hydrogen (secondary N) is 1. The standard InChI is InChI=1S/C36H44ClF3N6O6/c37-27-20-22(19-26(31(27)41)36(38,39)40)21-30(32(47)43-14-9-24(10-15-43)45-13-4-3-7-29(45)33(48)49)52-35(51)44-16-11-25(12-17-44)46-18-8-23-5-1-2-6-28(23)42-34(46)50/h1-2,5-6,19-20,24-25,29-30H,3-4,7-18,21,41H2,(H,42,50)(H,48,49)/t29-,30-/m1/s1. The molecule has 16 heteroatoms. The van der Waals surface area contributed by atoms with Gasteiger partial charge < -0.3 is 35.6 Å². The maximum Gasteiger partial charge on any atom is 0.418 e. The van der Waals surface area contributed by atoms with E-state index >= 15 is 0 Å². The van der Waals surface area contributed by atoms with Gasteiger partial charge in [0.2, 0.25) is 0 Å². The van der Waals surface area contributed by atoms with Gasteiger partial charge in [0.25, 0.3) is 5.91 Å². The van der Waals surface area contributed by atoms with E-state index in [2.05, 4.69) is 5.32 Å². The lowest BCUT2D eigenvalue weighted by Crippen LogP contribution is -2.55. The van der Waals surface area contributed by atoms with Crippen molar-refractivity contribution in [3.05, 3.63) is 58.1 Å². The van der Waals surface area contributed by atoms with E-state index in [0.29, 0.717) is 51.6 Å². The van der Waals surface area contributed by atoms with Gasteiger partial charge in [0.05, 0.1) is 16.3 Å². The third-order valence-corrected chi connectivity index (χ3v) is 11.1. The lowest BCUT2D eigenvalue weighted by atomic mass is 9.94. The first-order valence-corrected chi connectivity index (χ1v) is 18.2. The summed E-state index contributed by atoms with van der Waals surface area (Å²) >= 11 is 6.10. The summed E-state index contributed by atoms with van der Waals surface area (Å²) in [6.45, 7) is 2.21. The second kappa shape index (κ2) is 15.8. The Kier molecular flexibility index (Phi) is 11.4. The number of piperidine rings is 3. The number of aliphatic carboxylic acids is 1. The molecule has 0 unspecified atom stereocenters. The monoisotopic (exact) mass is 748 g/mol. The normalized spacial score (nSPS) is 21.6. The van der Waals surface area contributed by atoms with E-state index in [1.807, 2.05) is 29.2 Å². The van der Waals surface area contributed by atoms with Gasteiger partial charge in [-0.1, -0.05) is 36.2 Å². The number of hydrogen-bond donors (Lipinski definition) is 3. The smallest absolute Gasteiger partial charge is 0.418 e. The number of carboxylic acid groups (broad SMARTS) is 1. The molecule has 4 amide bonds. The predicted molar refractivity (Wildman–Crippen MR) is 187 cm³/mol. The van der Waals surface area contributed by atoms with Crippen molar-refractivity contribution in [2.75, 3.05) is 50.3 Å². The predicted octanol–water partition coefficient (Wildman–Crippen LogP) is 5.47. The zero-order valence-corrected chi connectivity index (χ0v) is 29.5. The number of fused-ring (bicyclic) bond motifs is 1. The molecular formula is C36H44ClF3N6O6. The summed E-state index contributed by atoms with van der Waals surface area (Å²) in [6, 6.07) is 8.72. The van der Waals surface area contributed by atoms with Crippen molar-refractivity contribution in [3.8, 4) is 0 Å². The second-order valence-electron chi connectivity index (χ2n) is 14.0. The molecule has 4 heterocycles. The molecule has 52 heavy (non-hydrogen) atoms. The Bertz CT molecular complexity index is 1660.